The van der Waals surface area contributed by atoms with Crippen LogP contribution in [0.5, 0.6) is 11.5 Å². The molecule has 4 aromatic carbocycles. The number of fused-ring (bicyclic) bond motifs is 1. The maximum atomic E-state index is 13.9. The number of benzene rings is 4. The summed E-state index contributed by atoms with van der Waals surface area (Å²) in [5.41, 5.74) is 2.96. The van der Waals surface area contributed by atoms with Gasteiger partial charge >= 0.3 is 0 Å². The van der Waals surface area contributed by atoms with Crippen LogP contribution in [-0.2, 0) is 21.0 Å². The van der Waals surface area contributed by atoms with Crippen molar-refractivity contribution in [2.75, 3.05) is 16.6 Å². The summed E-state index contributed by atoms with van der Waals surface area (Å²) in [5.74, 6) is -0.407. The molecule has 3 atom stereocenters. The summed E-state index contributed by atoms with van der Waals surface area (Å²) in [6.45, 7) is 2.72. The molecule has 0 spiro atoms. The van der Waals surface area contributed by atoms with Gasteiger partial charge in [0.2, 0.25) is 5.91 Å². The van der Waals surface area contributed by atoms with E-state index in [-0.39, 0.29) is 5.91 Å². The third kappa shape index (κ3) is 4.78. The zero-order valence-corrected chi connectivity index (χ0v) is 22.5. The lowest BCUT2D eigenvalue weighted by atomic mass is 9.90. The average molecular weight is 555 g/mol. The molecular weight excluding hydrogens is 528 g/mol. The van der Waals surface area contributed by atoms with Gasteiger partial charge in [-0.3, -0.25) is 14.4 Å². The molecule has 202 valence electrons. The minimum atomic E-state index is -0.985. The summed E-state index contributed by atoms with van der Waals surface area (Å²) < 4.78 is 12.1. The fraction of sp³-hybridized carbons (Fsp3) is 0.188. The highest BCUT2D eigenvalue weighted by Gasteiger charge is 2.60. The highest BCUT2D eigenvalue weighted by Crippen LogP contribution is 2.49. The van der Waals surface area contributed by atoms with Crippen molar-refractivity contribution in [3.8, 4) is 11.5 Å². The summed E-state index contributed by atoms with van der Waals surface area (Å²) in [5, 5.41) is 2.10. The van der Waals surface area contributed by atoms with Crippen LogP contribution >= 0.6 is 11.6 Å². The van der Waals surface area contributed by atoms with Gasteiger partial charge in [0.25, 0.3) is 5.91 Å². The Kier molecular flexibility index (Phi) is 7.15. The molecule has 0 bridgehead atoms. The van der Waals surface area contributed by atoms with E-state index < -0.39 is 24.0 Å². The Labute approximate surface area is 237 Å². The molecule has 3 unspecified atom stereocenters. The Balaban J connectivity index is 1.38. The predicted octanol–water partition coefficient (Wildman–Crippen LogP) is 6.37. The van der Waals surface area contributed by atoms with E-state index in [0.717, 1.165) is 16.8 Å². The van der Waals surface area contributed by atoms with E-state index >= 15 is 0 Å². The second-order valence-corrected chi connectivity index (χ2v) is 10.00. The lowest BCUT2D eigenvalue weighted by molar-refractivity contribution is -0.126. The van der Waals surface area contributed by atoms with Gasteiger partial charge in [-0.15, -0.1) is 0 Å². The van der Waals surface area contributed by atoms with E-state index in [2.05, 4.69) is 0 Å². The lowest BCUT2D eigenvalue weighted by Gasteiger charge is -2.29. The molecule has 2 amide bonds. The second kappa shape index (κ2) is 11.0. The number of carbonyl (C=O) groups is 2. The van der Waals surface area contributed by atoms with E-state index in [0.29, 0.717) is 35.4 Å². The molecule has 0 radical (unpaired) electrons. The number of nitrogens with zero attached hydrogens (tertiary/aromatic N) is 2. The number of hydroxylamine groups is 1. The van der Waals surface area contributed by atoms with Crippen LogP contribution < -0.4 is 19.4 Å². The Morgan fingerprint density at radius 1 is 0.775 bits per heavy atom. The Hall–Kier alpha value is -4.33. The molecule has 4 aromatic rings. The van der Waals surface area contributed by atoms with Crippen LogP contribution in [0.4, 0.5) is 11.4 Å². The van der Waals surface area contributed by atoms with E-state index in [1.807, 2.05) is 85.8 Å². The molecule has 0 aromatic heterocycles. The standard InChI is InChI=1S/C32H27ClN2O5/c1-2-38-27-18-22(16-17-26(27)39-20-21-10-5-3-6-11-21)29-28-30(40-35(29)24-13-7-4-8-14-24)32(37)34(31(28)36)25-15-9-12-23(33)19-25/h3-19,28-30H,2,20H2,1H3. The maximum absolute atomic E-state index is 13.9. The molecule has 2 aliphatic rings. The number of halogens is 1. The number of carbonyl (C=O) groups excluding carboxylic acids is 2. The summed E-state index contributed by atoms with van der Waals surface area (Å²) in [6, 6.07) is 31.1. The maximum Gasteiger partial charge on any atom is 0.266 e. The van der Waals surface area contributed by atoms with Crippen molar-refractivity contribution in [1.29, 1.82) is 0 Å². The Bertz CT molecular complexity index is 1530. The van der Waals surface area contributed by atoms with Gasteiger partial charge in [0.15, 0.2) is 17.6 Å². The first-order valence-corrected chi connectivity index (χ1v) is 13.5. The van der Waals surface area contributed by atoms with Gasteiger partial charge in [0.05, 0.1) is 24.0 Å². The van der Waals surface area contributed by atoms with Crippen LogP contribution in [0.25, 0.3) is 0 Å². The molecule has 0 aliphatic carbocycles. The molecule has 2 aliphatic heterocycles. The first-order valence-electron chi connectivity index (χ1n) is 13.1. The van der Waals surface area contributed by atoms with E-state index in [9.17, 15) is 9.59 Å². The number of ether oxygens (including phenoxy) is 2. The minimum Gasteiger partial charge on any atom is -0.490 e. The van der Waals surface area contributed by atoms with Gasteiger partial charge in [-0.25, -0.2) is 9.96 Å². The Morgan fingerprint density at radius 2 is 1.50 bits per heavy atom. The molecule has 2 saturated heterocycles. The van der Waals surface area contributed by atoms with Crippen LogP contribution in [0.3, 0.4) is 0 Å². The number of amides is 2. The fourth-order valence-electron chi connectivity index (χ4n) is 5.25. The van der Waals surface area contributed by atoms with Crippen molar-refractivity contribution in [3.63, 3.8) is 0 Å². The molecule has 0 N–H and O–H groups in total. The summed E-state index contributed by atoms with van der Waals surface area (Å²) in [7, 11) is 0. The van der Waals surface area contributed by atoms with E-state index in [4.69, 9.17) is 25.9 Å². The van der Waals surface area contributed by atoms with Crippen molar-refractivity contribution < 1.29 is 23.9 Å². The Morgan fingerprint density at radius 3 is 2.23 bits per heavy atom. The second-order valence-electron chi connectivity index (χ2n) is 9.56. The first-order chi connectivity index (χ1) is 19.5. The van der Waals surface area contributed by atoms with Gasteiger partial charge in [0, 0.05) is 5.02 Å². The fourth-order valence-corrected chi connectivity index (χ4v) is 5.44. The summed E-state index contributed by atoms with van der Waals surface area (Å²) in [6.07, 6.45) is -0.985. The molecular formula is C32H27ClN2O5. The quantitative estimate of drug-likeness (QED) is 0.236. The average Bonchev–Trinajstić information content (AvgIpc) is 3.49. The number of hydrogen-bond donors (Lipinski definition) is 0. The molecule has 2 heterocycles. The first kappa shape index (κ1) is 25.9. The van der Waals surface area contributed by atoms with Gasteiger partial charge < -0.3 is 9.47 Å². The van der Waals surface area contributed by atoms with E-state index in [1.165, 1.54) is 4.90 Å². The topological polar surface area (TPSA) is 68.3 Å². The molecule has 8 heteroatoms. The SMILES string of the molecule is CCOc1cc(C2C3C(=O)N(c4cccc(Cl)c4)C(=O)C3ON2c2ccccc2)ccc1OCc1ccccc1. The zero-order valence-electron chi connectivity index (χ0n) is 21.8. The van der Waals surface area contributed by atoms with Crippen molar-refractivity contribution in [1.82, 2.24) is 0 Å². The van der Waals surface area contributed by atoms with Crippen LogP contribution in [0.15, 0.2) is 103 Å². The van der Waals surface area contributed by atoms with E-state index in [1.54, 1.807) is 29.3 Å². The van der Waals surface area contributed by atoms with Gasteiger partial charge in [-0.2, -0.15) is 0 Å². The molecule has 6 rings (SSSR count). The van der Waals surface area contributed by atoms with Gasteiger partial charge in [0.1, 0.15) is 12.5 Å². The highest BCUT2D eigenvalue weighted by molar-refractivity contribution is 6.31. The molecule has 40 heavy (non-hydrogen) atoms. The van der Waals surface area contributed by atoms with Crippen molar-refractivity contribution >= 4 is 34.8 Å². The normalized spacial score (nSPS) is 20.1. The number of para-hydroxylation sites is 1. The largest absolute Gasteiger partial charge is 0.490 e. The monoisotopic (exact) mass is 554 g/mol. The van der Waals surface area contributed by atoms with Crippen molar-refractivity contribution in [2.45, 2.75) is 25.7 Å². The van der Waals surface area contributed by atoms with Crippen LogP contribution in [0.2, 0.25) is 5.02 Å². The van der Waals surface area contributed by atoms with Crippen molar-refractivity contribution in [2.24, 2.45) is 5.92 Å². The van der Waals surface area contributed by atoms with Gasteiger partial charge in [-0.05, 0) is 60.5 Å². The number of imide groups is 1. The van der Waals surface area contributed by atoms with Crippen LogP contribution in [0, 0.1) is 5.92 Å². The van der Waals surface area contributed by atoms with Crippen LogP contribution in [-0.4, -0.2) is 24.5 Å². The van der Waals surface area contributed by atoms with Gasteiger partial charge in [-0.1, -0.05) is 72.3 Å². The third-order valence-corrected chi connectivity index (χ3v) is 7.27. The summed E-state index contributed by atoms with van der Waals surface area (Å²) in [4.78, 5) is 34.9. The lowest BCUT2D eigenvalue weighted by Crippen LogP contribution is -2.37. The third-order valence-electron chi connectivity index (χ3n) is 7.04. The number of hydrogen-bond acceptors (Lipinski definition) is 6. The highest BCUT2D eigenvalue weighted by atomic mass is 35.5. The number of rotatable bonds is 8. The smallest absolute Gasteiger partial charge is 0.266 e. The molecule has 7 nitrogen and oxygen atoms in total. The van der Waals surface area contributed by atoms with Crippen molar-refractivity contribution in [3.05, 3.63) is 119 Å². The zero-order chi connectivity index (χ0) is 27.6. The molecule has 0 saturated carbocycles. The number of anilines is 2. The predicted molar refractivity (Wildman–Crippen MR) is 152 cm³/mol. The van der Waals surface area contributed by atoms with Crippen LogP contribution in [0.1, 0.15) is 24.1 Å². The molecule has 2 fully saturated rings. The minimum absolute atomic E-state index is 0.344. The summed E-state index contributed by atoms with van der Waals surface area (Å²) >= 11 is 6.18.